The molecular weight excluding hydrogens is 294 g/mol. The molecule has 0 amide bonds. The average Bonchev–Trinajstić information content (AvgIpc) is 2.69. The van der Waals surface area contributed by atoms with Crippen molar-refractivity contribution in [1.82, 2.24) is 4.98 Å². The van der Waals surface area contributed by atoms with Crippen LogP contribution < -0.4 is 0 Å². The standard InChI is InChI=1S/C14H12BrNO2/c15-9-6-4-8(5-7-9)13-14(18)12-10(16-13)2-1-3-11(12)17/h4-7,16,18H,1-3H2. The van der Waals surface area contributed by atoms with Gasteiger partial charge >= 0.3 is 0 Å². The van der Waals surface area contributed by atoms with Gasteiger partial charge in [-0.2, -0.15) is 0 Å². The van der Waals surface area contributed by atoms with Crippen LogP contribution in [0.2, 0.25) is 0 Å². The second-order valence-corrected chi connectivity index (χ2v) is 5.40. The van der Waals surface area contributed by atoms with Gasteiger partial charge in [0.1, 0.15) is 0 Å². The van der Waals surface area contributed by atoms with Gasteiger partial charge in [-0.25, -0.2) is 0 Å². The Hall–Kier alpha value is -1.55. The third-order valence-electron chi connectivity index (χ3n) is 3.29. The van der Waals surface area contributed by atoms with Crippen molar-refractivity contribution in [3.8, 4) is 17.0 Å². The molecule has 1 aromatic carbocycles. The number of aromatic hydroxyl groups is 1. The first-order chi connectivity index (χ1) is 8.66. The Kier molecular flexibility index (Phi) is 2.74. The third-order valence-corrected chi connectivity index (χ3v) is 3.82. The van der Waals surface area contributed by atoms with Crippen LogP contribution in [0.15, 0.2) is 28.7 Å². The first-order valence-corrected chi connectivity index (χ1v) is 6.69. The van der Waals surface area contributed by atoms with E-state index in [1.807, 2.05) is 24.3 Å². The Morgan fingerprint density at radius 2 is 1.89 bits per heavy atom. The maximum atomic E-state index is 11.8. The molecule has 2 aromatic rings. The number of benzene rings is 1. The van der Waals surface area contributed by atoms with Gasteiger partial charge in [0.25, 0.3) is 0 Å². The first-order valence-electron chi connectivity index (χ1n) is 5.90. The quantitative estimate of drug-likeness (QED) is 0.844. The number of halogens is 1. The molecular formula is C14H12BrNO2. The highest BCUT2D eigenvalue weighted by Crippen LogP contribution is 2.37. The number of hydrogen-bond acceptors (Lipinski definition) is 2. The molecule has 18 heavy (non-hydrogen) atoms. The summed E-state index contributed by atoms with van der Waals surface area (Å²) in [6, 6.07) is 7.64. The van der Waals surface area contributed by atoms with Crippen molar-refractivity contribution in [2.24, 2.45) is 0 Å². The van der Waals surface area contributed by atoms with E-state index in [-0.39, 0.29) is 11.5 Å². The van der Waals surface area contributed by atoms with Crippen molar-refractivity contribution in [3.63, 3.8) is 0 Å². The number of aryl methyl sites for hydroxylation is 1. The lowest BCUT2D eigenvalue weighted by molar-refractivity contribution is 0.0970. The largest absolute Gasteiger partial charge is 0.505 e. The van der Waals surface area contributed by atoms with Crippen LogP contribution in [0, 0.1) is 0 Å². The Balaban J connectivity index is 2.14. The average molecular weight is 306 g/mol. The lowest BCUT2D eigenvalue weighted by Crippen LogP contribution is -2.08. The number of H-pyrrole nitrogens is 1. The van der Waals surface area contributed by atoms with Crippen LogP contribution in [0.5, 0.6) is 5.75 Å². The molecule has 1 heterocycles. The smallest absolute Gasteiger partial charge is 0.168 e. The van der Waals surface area contributed by atoms with Gasteiger partial charge in [-0.1, -0.05) is 28.1 Å². The van der Waals surface area contributed by atoms with Gasteiger partial charge in [0.2, 0.25) is 0 Å². The zero-order chi connectivity index (χ0) is 12.7. The number of aromatic amines is 1. The summed E-state index contributed by atoms with van der Waals surface area (Å²) in [5.41, 5.74) is 2.88. The van der Waals surface area contributed by atoms with E-state index in [9.17, 15) is 9.90 Å². The Bertz CT molecular complexity index is 613. The third kappa shape index (κ3) is 1.77. The monoisotopic (exact) mass is 305 g/mol. The van der Waals surface area contributed by atoms with Crippen molar-refractivity contribution < 1.29 is 9.90 Å². The molecule has 0 aliphatic heterocycles. The number of ketones is 1. The van der Waals surface area contributed by atoms with Crippen molar-refractivity contribution >= 4 is 21.7 Å². The number of aromatic nitrogens is 1. The first kappa shape index (κ1) is 11.5. The molecule has 0 atom stereocenters. The highest BCUT2D eigenvalue weighted by atomic mass is 79.9. The summed E-state index contributed by atoms with van der Waals surface area (Å²) in [4.78, 5) is 15.0. The Morgan fingerprint density at radius 3 is 2.56 bits per heavy atom. The SMILES string of the molecule is O=C1CCCc2[nH]c(-c3ccc(Br)cc3)c(O)c21. The number of carbonyl (C=O) groups is 1. The number of Topliss-reactive ketones (excluding diaryl/α,β-unsaturated/α-hetero) is 1. The van der Waals surface area contributed by atoms with Crippen molar-refractivity contribution in [1.29, 1.82) is 0 Å². The van der Waals surface area contributed by atoms with Crippen LogP contribution in [0.4, 0.5) is 0 Å². The summed E-state index contributed by atoms with van der Waals surface area (Å²) in [6.45, 7) is 0. The normalized spacial score (nSPS) is 14.6. The molecule has 0 unspecified atom stereocenters. The highest BCUT2D eigenvalue weighted by Gasteiger charge is 2.26. The van der Waals surface area contributed by atoms with Gasteiger partial charge in [-0.3, -0.25) is 4.79 Å². The Morgan fingerprint density at radius 1 is 1.17 bits per heavy atom. The summed E-state index contributed by atoms with van der Waals surface area (Å²) in [7, 11) is 0. The van der Waals surface area contributed by atoms with Crippen LogP contribution in [0.25, 0.3) is 11.3 Å². The summed E-state index contributed by atoms with van der Waals surface area (Å²) in [6.07, 6.45) is 2.20. The molecule has 1 aromatic heterocycles. The molecule has 0 radical (unpaired) electrons. The molecule has 1 aliphatic carbocycles. The van der Waals surface area contributed by atoms with Gasteiger partial charge in [0.05, 0.1) is 11.3 Å². The van der Waals surface area contributed by atoms with Crippen LogP contribution >= 0.6 is 15.9 Å². The van der Waals surface area contributed by atoms with Crippen LogP contribution in [-0.4, -0.2) is 15.9 Å². The van der Waals surface area contributed by atoms with E-state index in [4.69, 9.17) is 0 Å². The summed E-state index contributed by atoms with van der Waals surface area (Å²) >= 11 is 3.38. The van der Waals surface area contributed by atoms with E-state index in [0.717, 1.165) is 28.6 Å². The van der Waals surface area contributed by atoms with E-state index in [2.05, 4.69) is 20.9 Å². The van der Waals surface area contributed by atoms with Crippen molar-refractivity contribution in [2.45, 2.75) is 19.3 Å². The fraction of sp³-hybridized carbons (Fsp3) is 0.214. The molecule has 1 aliphatic rings. The number of rotatable bonds is 1. The van der Waals surface area contributed by atoms with Crippen LogP contribution in [-0.2, 0) is 6.42 Å². The van der Waals surface area contributed by atoms with E-state index in [1.165, 1.54) is 0 Å². The Labute approximate surface area is 113 Å². The molecule has 3 rings (SSSR count). The molecule has 0 saturated heterocycles. The van der Waals surface area contributed by atoms with E-state index in [1.54, 1.807) is 0 Å². The minimum absolute atomic E-state index is 0.0355. The van der Waals surface area contributed by atoms with Crippen molar-refractivity contribution in [3.05, 3.63) is 40.0 Å². The molecule has 2 N–H and O–H groups in total. The topological polar surface area (TPSA) is 53.1 Å². The fourth-order valence-electron chi connectivity index (χ4n) is 2.40. The summed E-state index contributed by atoms with van der Waals surface area (Å²) in [5.74, 6) is 0.130. The number of carbonyl (C=O) groups excluding carboxylic acids is 1. The minimum Gasteiger partial charge on any atom is -0.505 e. The van der Waals surface area contributed by atoms with E-state index < -0.39 is 0 Å². The highest BCUT2D eigenvalue weighted by molar-refractivity contribution is 9.10. The lowest BCUT2D eigenvalue weighted by atomic mass is 9.96. The van der Waals surface area contributed by atoms with Crippen LogP contribution in [0.3, 0.4) is 0 Å². The van der Waals surface area contributed by atoms with Gasteiger partial charge < -0.3 is 10.1 Å². The maximum absolute atomic E-state index is 11.8. The van der Waals surface area contributed by atoms with Crippen molar-refractivity contribution in [2.75, 3.05) is 0 Å². The maximum Gasteiger partial charge on any atom is 0.168 e. The van der Waals surface area contributed by atoms with E-state index >= 15 is 0 Å². The molecule has 0 fully saturated rings. The predicted molar refractivity (Wildman–Crippen MR) is 72.9 cm³/mol. The zero-order valence-corrected chi connectivity index (χ0v) is 11.3. The van der Waals surface area contributed by atoms with Gasteiger partial charge in [-0.15, -0.1) is 0 Å². The molecule has 3 nitrogen and oxygen atoms in total. The molecule has 4 heteroatoms. The van der Waals surface area contributed by atoms with Gasteiger partial charge in [-0.05, 0) is 25.0 Å². The second kappa shape index (κ2) is 4.28. The van der Waals surface area contributed by atoms with Crippen LogP contribution in [0.1, 0.15) is 28.9 Å². The molecule has 92 valence electrons. The lowest BCUT2D eigenvalue weighted by Gasteiger charge is -2.08. The second-order valence-electron chi connectivity index (χ2n) is 4.49. The molecule has 0 saturated carbocycles. The zero-order valence-electron chi connectivity index (χ0n) is 9.66. The predicted octanol–water partition coefficient (Wildman–Crippen LogP) is 3.67. The minimum atomic E-state index is 0.0355. The van der Waals surface area contributed by atoms with Gasteiger partial charge in [0.15, 0.2) is 11.5 Å². The summed E-state index contributed by atoms with van der Waals surface area (Å²) < 4.78 is 0.984. The van der Waals surface area contributed by atoms with Gasteiger partial charge in [0, 0.05) is 22.2 Å². The summed E-state index contributed by atoms with van der Waals surface area (Å²) in [5, 5.41) is 10.2. The fourth-order valence-corrected chi connectivity index (χ4v) is 2.67. The van der Waals surface area contributed by atoms with E-state index in [0.29, 0.717) is 17.7 Å². The molecule has 0 spiro atoms. The number of hydrogen-bond donors (Lipinski definition) is 2. The molecule has 0 bridgehead atoms. The number of nitrogens with one attached hydrogen (secondary N) is 1. The number of fused-ring (bicyclic) bond motifs is 1.